The maximum atomic E-state index is 9.41. The van der Waals surface area contributed by atoms with E-state index in [2.05, 4.69) is 21.8 Å². The third kappa shape index (κ3) is 2.13. The molecular formula is C15H18ClN3O. The molecule has 1 aliphatic rings. The SMILES string of the molecule is CC(CO)c1cnc(N2CC[C@H]2C)c2cnc(Cl)cc12. The molecule has 20 heavy (non-hydrogen) atoms. The zero-order valence-electron chi connectivity index (χ0n) is 11.7. The minimum absolute atomic E-state index is 0.0336. The van der Waals surface area contributed by atoms with Crippen molar-refractivity contribution in [3.63, 3.8) is 0 Å². The van der Waals surface area contributed by atoms with Gasteiger partial charge in [-0.25, -0.2) is 9.97 Å². The molecule has 0 aliphatic carbocycles. The summed E-state index contributed by atoms with van der Waals surface area (Å²) in [4.78, 5) is 11.1. The Hall–Kier alpha value is -1.39. The molecule has 0 spiro atoms. The van der Waals surface area contributed by atoms with Crippen LogP contribution in [0.1, 0.15) is 31.7 Å². The van der Waals surface area contributed by atoms with Crippen molar-refractivity contribution in [3.05, 3.63) is 29.2 Å². The van der Waals surface area contributed by atoms with Crippen LogP contribution in [0.4, 0.5) is 5.82 Å². The number of halogens is 1. The van der Waals surface area contributed by atoms with Gasteiger partial charge in [-0.05, 0) is 30.4 Å². The lowest BCUT2D eigenvalue weighted by atomic mass is 9.97. The Labute approximate surface area is 123 Å². The molecule has 1 N–H and O–H groups in total. The average Bonchev–Trinajstić information content (AvgIpc) is 2.44. The number of aliphatic hydroxyl groups excluding tert-OH is 1. The average molecular weight is 292 g/mol. The molecule has 0 aromatic carbocycles. The van der Waals surface area contributed by atoms with Crippen LogP contribution in [0.25, 0.3) is 10.8 Å². The molecule has 1 fully saturated rings. The summed E-state index contributed by atoms with van der Waals surface area (Å²) in [5, 5.41) is 11.9. The first-order valence-corrected chi connectivity index (χ1v) is 7.31. The van der Waals surface area contributed by atoms with Crippen molar-refractivity contribution in [2.24, 2.45) is 0 Å². The zero-order chi connectivity index (χ0) is 14.3. The highest BCUT2D eigenvalue weighted by Gasteiger charge is 2.27. The van der Waals surface area contributed by atoms with E-state index < -0.39 is 0 Å². The van der Waals surface area contributed by atoms with E-state index in [0.717, 1.165) is 28.7 Å². The number of fused-ring (bicyclic) bond motifs is 1. The fraction of sp³-hybridized carbons (Fsp3) is 0.467. The van der Waals surface area contributed by atoms with E-state index in [1.54, 1.807) is 6.20 Å². The first kappa shape index (κ1) is 13.6. The Kier molecular flexibility index (Phi) is 3.52. The number of hydrogen-bond donors (Lipinski definition) is 1. The highest BCUT2D eigenvalue weighted by atomic mass is 35.5. The van der Waals surface area contributed by atoms with Gasteiger partial charge in [-0.2, -0.15) is 0 Å². The van der Waals surface area contributed by atoms with Crippen LogP contribution in [0.15, 0.2) is 18.5 Å². The summed E-state index contributed by atoms with van der Waals surface area (Å²) in [6, 6.07) is 2.39. The molecule has 0 amide bonds. The molecule has 3 rings (SSSR count). The van der Waals surface area contributed by atoms with Crippen LogP contribution < -0.4 is 4.90 Å². The molecule has 5 heteroatoms. The van der Waals surface area contributed by atoms with Crippen molar-refractivity contribution >= 4 is 28.2 Å². The van der Waals surface area contributed by atoms with Crippen LogP contribution >= 0.6 is 11.6 Å². The molecule has 1 unspecified atom stereocenters. The summed E-state index contributed by atoms with van der Waals surface area (Å²) in [5.41, 5.74) is 1.02. The molecule has 2 aromatic rings. The quantitative estimate of drug-likeness (QED) is 0.883. The Morgan fingerprint density at radius 2 is 2.20 bits per heavy atom. The molecule has 4 nitrogen and oxygen atoms in total. The number of rotatable bonds is 3. The van der Waals surface area contributed by atoms with Crippen LogP contribution in [0.2, 0.25) is 5.15 Å². The first-order chi connectivity index (χ1) is 9.61. The van der Waals surface area contributed by atoms with Crippen LogP contribution in [0, 0.1) is 0 Å². The second-order valence-electron chi connectivity index (χ2n) is 5.50. The van der Waals surface area contributed by atoms with Crippen molar-refractivity contribution in [3.8, 4) is 0 Å². The number of hydrogen-bond acceptors (Lipinski definition) is 4. The van der Waals surface area contributed by atoms with Crippen LogP contribution in [-0.4, -0.2) is 34.3 Å². The highest BCUT2D eigenvalue weighted by Crippen LogP contribution is 2.35. The fourth-order valence-electron chi connectivity index (χ4n) is 2.67. The summed E-state index contributed by atoms with van der Waals surface area (Å²) in [7, 11) is 0. The second-order valence-corrected chi connectivity index (χ2v) is 5.89. The van der Waals surface area contributed by atoms with Crippen LogP contribution in [-0.2, 0) is 0 Å². The van der Waals surface area contributed by atoms with Gasteiger partial charge in [0.05, 0.1) is 0 Å². The summed E-state index contributed by atoms with van der Waals surface area (Å²) >= 11 is 6.04. The van der Waals surface area contributed by atoms with E-state index in [0.29, 0.717) is 11.2 Å². The Balaban J connectivity index is 2.20. The van der Waals surface area contributed by atoms with E-state index in [4.69, 9.17) is 11.6 Å². The highest BCUT2D eigenvalue weighted by molar-refractivity contribution is 6.30. The Morgan fingerprint density at radius 3 is 2.80 bits per heavy atom. The predicted molar refractivity (Wildman–Crippen MR) is 81.5 cm³/mol. The zero-order valence-corrected chi connectivity index (χ0v) is 12.4. The van der Waals surface area contributed by atoms with Crippen molar-refractivity contribution in [2.45, 2.75) is 32.2 Å². The van der Waals surface area contributed by atoms with Gasteiger partial charge in [0.1, 0.15) is 11.0 Å². The number of pyridine rings is 2. The van der Waals surface area contributed by atoms with Gasteiger partial charge in [0.15, 0.2) is 0 Å². The molecule has 106 valence electrons. The molecule has 1 aliphatic heterocycles. The molecule has 2 aromatic heterocycles. The topological polar surface area (TPSA) is 49.3 Å². The van der Waals surface area contributed by atoms with Crippen molar-refractivity contribution in [2.75, 3.05) is 18.1 Å². The van der Waals surface area contributed by atoms with Crippen molar-refractivity contribution in [1.82, 2.24) is 9.97 Å². The van der Waals surface area contributed by atoms with Gasteiger partial charge in [0, 0.05) is 42.9 Å². The Morgan fingerprint density at radius 1 is 1.40 bits per heavy atom. The molecule has 3 heterocycles. The summed E-state index contributed by atoms with van der Waals surface area (Å²) in [6.07, 6.45) is 4.84. The molecule has 1 saturated heterocycles. The normalized spacial score (nSPS) is 20.0. The summed E-state index contributed by atoms with van der Waals surface area (Å²) in [6.45, 7) is 5.30. The van der Waals surface area contributed by atoms with Gasteiger partial charge in [-0.1, -0.05) is 18.5 Å². The minimum atomic E-state index is 0.0336. The van der Waals surface area contributed by atoms with Crippen molar-refractivity contribution < 1.29 is 5.11 Å². The predicted octanol–water partition coefficient (Wildman–Crippen LogP) is 2.98. The third-order valence-corrected chi connectivity index (χ3v) is 4.35. The standard InChI is InChI=1S/C15H18ClN3O/c1-9(8-20)12-6-18-15(19-4-3-10(19)2)13-7-17-14(16)5-11(12)13/h5-7,9-10,20H,3-4,8H2,1-2H3/t9?,10-/m1/s1. The van der Waals surface area contributed by atoms with E-state index in [-0.39, 0.29) is 12.5 Å². The van der Waals surface area contributed by atoms with Gasteiger partial charge in [0.2, 0.25) is 0 Å². The first-order valence-electron chi connectivity index (χ1n) is 6.93. The smallest absolute Gasteiger partial charge is 0.138 e. The lowest BCUT2D eigenvalue weighted by Crippen LogP contribution is -2.46. The van der Waals surface area contributed by atoms with Crippen LogP contribution in [0.3, 0.4) is 0 Å². The lowest BCUT2D eigenvalue weighted by Gasteiger charge is -2.40. The van der Waals surface area contributed by atoms with E-state index in [1.807, 2.05) is 19.2 Å². The molecule has 0 bridgehead atoms. The molecule has 0 saturated carbocycles. The van der Waals surface area contributed by atoms with Gasteiger partial charge in [-0.3, -0.25) is 0 Å². The fourth-order valence-corrected chi connectivity index (χ4v) is 2.83. The van der Waals surface area contributed by atoms with Crippen LogP contribution in [0.5, 0.6) is 0 Å². The molecule has 2 atom stereocenters. The summed E-state index contributed by atoms with van der Waals surface area (Å²) < 4.78 is 0. The molecule has 0 radical (unpaired) electrons. The maximum absolute atomic E-state index is 9.41. The summed E-state index contributed by atoms with van der Waals surface area (Å²) in [5.74, 6) is 1.00. The number of nitrogens with zero attached hydrogens (tertiary/aromatic N) is 3. The van der Waals surface area contributed by atoms with Gasteiger partial charge in [-0.15, -0.1) is 0 Å². The number of aliphatic hydroxyl groups is 1. The second kappa shape index (κ2) is 5.19. The number of anilines is 1. The minimum Gasteiger partial charge on any atom is -0.396 e. The van der Waals surface area contributed by atoms with Crippen molar-refractivity contribution in [1.29, 1.82) is 0 Å². The number of aromatic nitrogens is 2. The van der Waals surface area contributed by atoms with E-state index in [1.165, 1.54) is 6.42 Å². The maximum Gasteiger partial charge on any atom is 0.138 e. The lowest BCUT2D eigenvalue weighted by molar-refractivity contribution is 0.273. The third-order valence-electron chi connectivity index (χ3n) is 4.15. The molecular weight excluding hydrogens is 274 g/mol. The van der Waals surface area contributed by atoms with Gasteiger partial charge >= 0.3 is 0 Å². The largest absolute Gasteiger partial charge is 0.396 e. The van der Waals surface area contributed by atoms with Gasteiger partial charge < -0.3 is 10.0 Å². The van der Waals surface area contributed by atoms with E-state index >= 15 is 0 Å². The Bertz CT molecular complexity index is 646. The monoisotopic (exact) mass is 291 g/mol. The van der Waals surface area contributed by atoms with Gasteiger partial charge in [0.25, 0.3) is 0 Å². The van der Waals surface area contributed by atoms with E-state index in [9.17, 15) is 5.11 Å².